The lowest BCUT2D eigenvalue weighted by Gasteiger charge is -2.30. The van der Waals surface area contributed by atoms with Gasteiger partial charge < -0.3 is 15.5 Å². The number of aryl methyl sites for hydroxylation is 1. The molecule has 8 heteroatoms. The Labute approximate surface area is 178 Å². The fourth-order valence-electron chi connectivity index (χ4n) is 3.63. The molecule has 1 fully saturated rings. The number of nitrogens with zero attached hydrogens (tertiary/aromatic N) is 2. The van der Waals surface area contributed by atoms with Crippen LogP contribution in [0.2, 0.25) is 0 Å². The summed E-state index contributed by atoms with van der Waals surface area (Å²) in [5.74, 6) is 1.83. The van der Waals surface area contributed by atoms with Gasteiger partial charge in [-0.2, -0.15) is 0 Å². The van der Waals surface area contributed by atoms with Gasteiger partial charge in [-0.15, -0.1) is 36.6 Å². The van der Waals surface area contributed by atoms with Crippen LogP contribution >= 0.6 is 36.6 Å². The predicted molar refractivity (Wildman–Crippen MR) is 118 cm³/mol. The zero-order chi connectivity index (χ0) is 17.6. The number of amides is 1. The molecule has 2 heterocycles. The van der Waals surface area contributed by atoms with Gasteiger partial charge in [0.15, 0.2) is 0 Å². The monoisotopic (exact) mass is 432 g/mol. The minimum atomic E-state index is 0. The van der Waals surface area contributed by atoms with E-state index >= 15 is 0 Å². The van der Waals surface area contributed by atoms with Crippen molar-refractivity contribution < 1.29 is 4.79 Å². The van der Waals surface area contributed by atoms with Gasteiger partial charge in [-0.25, -0.2) is 4.98 Å². The quantitative estimate of drug-likeness (QED) is 0.698. The largest absolute Gasteiger partial charge is 0.351 e. The molecule has 0 spiro atoms. The van der Waals surface area contributed by atoms with Gasteiger partial charge in [0, 0.05) is 30.7 Å². The SMILES string of the molecule is Cc1ccc2nc(CSCC(=O)NC(CN)C3CCCCC3)cn2c1.Cl.Cl. The molecule has 1 unspecified atom stereocenters. The highest BCUT2D eigenvalue weighted by Gasteiger charge is 2.23. The topological polar surface area (TPSA) is 72.4 Å². The summed E-state index contributed by atoms with van der Waals surface area (Å²) in [5.41, 5.74) is 9.06. The highest BCUT2D eigenvalue weighted by atomic mass is 35.5. The standard InChI is InChI=1S/C19H28N4OS.2ClH/c1-14-7-8-18-21-16(11-23(18)10-14)12-25-13-19(24)22-17(9-20)15-5-3-2-4-6-15;;/h7-8,10-11,15,17H,2-6,9,12-13,20H2,1H3,(H,22,24);2*1H. The van der Waals surface area contributed by atoms with Crippen molar-refractivity contribution in [2.45, 2.75) is 50.8 Å². The van der Waals surface area contributed by atoms with E-state index in [4.69, 9.17) is 5.73 Å². The number of carbonyl (C=O) groups excluding carboxylic acids is 1. The Morgan fingerprint density at radius 1 is 1.30 bits per heavy atom. The molecule has 1 aliphatic rings. The molecule has 1 amide bonds. The first-order valence-electron chi connectivity index (χ1n) is 9.17. The van der Waals surface area contributed by atoms with Crippen molar-refractivity contribution in [2.24, 2.45) is 11.7 Å². The van der Waals surface area contributed by atoms with Gasteiger partial charge in [-0.1, -0.05) is 25.3 Å². The first-order chi connectivity index (χ1) is 12.2. The van der Waals surface area contributed by atoms with Crippen LogP contribution in [-0.2, 0) is 10.5 Å². The van der Waals surface area contributed by atoms with Crippen LogP contribution < -0.4 is 11.1 Å². The number of thioether (sulfide) groups is 1. The number of hydrogen-bond acceptors (Lipinski definition) is 4. The van der Waals surface area contributed by atoms with Crippen LogP contribution in [0, 0.1) is 12.8 Å². The number of pyridine rings is 1. The van der Waals surface area contributed by atoms with Crippen LogP contribution in [0.5, 0.6) is 0 Å². The maximum absolute atomic E-state index is 12.2. The first kappa shape index (κ1) is 24.1. The third-order valence-corrected chi connectivity index (χ3v) is 5.92. The second-order valence-electron chi connectivity index (χ2n) is 7.00. The summed E-state index contributed by atoms with van der Waals surface area (Å²) in [6.45, 7) is 2.60. The number of fused-ring (bicyclic) bond motifs is 1. The number of nitrogens with one attached hydrogen (secondary N) is 1. The van der Waals surface area contributed by atoms with Crippen molar-refractivity contribution >= 4 is 48.1 Å². The van der Waals surface area contributed by atoms with Crippen LogP contribution in [0.15, 0.2) is 24.5 Å². The van der Waals surface area contributed by atoms with Gasteiger partial charge in [0.2, 0.25) is 5.91 Å². The van der Waals surface area contributed by atoms with E-state index in [9.17, 15) is 4.79 Å². The van der Waals surface area contributed by atoms with Gasteiger partial charge in [0.25, 0.3) is 0 Å². The molecule has 5 nitrogen and oxygen atoms in total. The summed E-state index contributed by atoms with van der Waals surface area (Å²) >= 11 is 1.60. The summed E-state index contributed by atoms with van der Waals surface area (Å²) in [7, 11) is 0. The summed E-state index contributed by atoms with van der Waals surface area (Å²) in [4.78, 5) is 16.8. The van der Waals surface area contributed by atoms with Crippen LogP contribution in [0.4, 0.5) is 0 Å². The molecule has 1 atom stereocenters. The third-order valence-electron chi connectivity index (χ3n) is 4.95. The molecular formula is C19H30Cl2N4OS. The summed E-state index contributed by atoms with van der Waals surface area (Å²) in [6, 6.07) is 4.21. The molecule has 0 radical (unpaired) electrons. The lowest BCUT2D eigenvalue weighted by atomic mass is 9.84. The van der Waals surface area contributed by atoms with Crippen molar-refractivity contribution in [3.8, 4) is 0 Å². The van der Waals surface area contributed by atoms with E-state index in [-0.39, 0.29) is 36.8 Å². The minimum absolute atomic E-state index is 0. The lowest BCUT2D eigenvalue weighted by molar-refractivity contribution is -0.119. The molecule has 0 aromatic carbocycles. The van der Waals surface area contributed by atoms with E-state index in [0.717, 1.165) is 17.1 Å². The maximum Gasteiger partial charge on any atom is 0.230 e. The lowest BCUT2D eigenvalue weighted by Crippen LogP contribution is -2.46. The van der Waals surface area contributed by atoms with E-state index < -0.39 is 0 Å². The highest BCUT2D eigenvalue weighted by Crippen LogP contribution is 2.26. The Bertz CT molecular complexity index is 719. The summed E-state index contributed by atoms with van der Waals surface area (Å²) in [5, 5.41) is 3.15. The zero-order valence-electron chi connectivity index (χ0n) is 15.7. The number of hydrogen-bond donors (Lipinski definition) is 2. The maximum atomic E-state index is 12.2. The van der Waals surface area contributed by atoms with Gasteiger partial charge in [0.05, 0.1) is 11.4 Å². The Balaban J connectivity index is 0.00000182. The average molecular weight is 433 g/mol. The van der Waals surface area contributed by atoms with Crippen LogP contribution in [0.3, 0.4) is 0 Å². The number of carbonyl (C=O) groups is 1. The van der Waals surface area contributed by atoms with E-state index in [1.54, 1.807) is 11.8 Å². The molecule has 1 saturated carbocycles. The number of halogens is 2. The van der Waals surface area contributed by atoms with E-state index in [2.05, 4.69) is 29.5 Å². The van der Waals surface area contributed by atoms with Gasteiger partial charge in [-0.05, 0) is 37.3 Å². The zero-order valence-corrected chi connectivity index (χ0v) is 18.2. The average Bonchev–Trinajstić information content (AvgIpc) is 3.02. The van der Waals surface area contributed by atoms with Crippen molar-refractivity contribution in [3.05, 3.63) is 35.8 Å². The van der Waals surface area contributed by atoms with Crippen molar-refractivity contribution in [1.82, 2.24) is 14.7 Å². The molecule has 1 aliphatic carbocycles. The Kier molecular flexibility index (Phi) is 10.5. The van der Waals surface area contributed by atoms with Crippen molar-refractivity contribution in [2.75, 3.05) is 12.3 Å². The molecule has 0 aliphatic heterocycles. The molecule has 3 N–H and O–H groups in total. The second-order valence-corrected chi connectivity index (χ2v) is 7.99. The number of imidazole rings is 1. The van der Waals surface area contributed by atoms with Crippen molar-refractivity contribution in [3.63, 3.8) is 0 Å². The van der Waals surface area contributed by atoms with E-state index in [1.165, 1.54) is 37.7 Å². The Morgan fingerprint density at radius 2 is 2.04 bits per heavy atom. The summed E-state index contributed by atoms with van der Waals surface area (Å²) in [6.07, 6.45) is 10.3. The molecular weight excluding hydrogens is 403 g/mol. The normalized spacial score (nSPS) is 15.6. The molecule has 152 valence electrons. The molecule has 2 aromatic heterocycles. The molecule has 0 bridgehead atoms. The van der Waals surface area contributed by atoms with Gasteiger partial charge >= 0.3 is 0 Å². The number of aromatic nitrogens is 2. The number of nitrogens with two attached hydrogens (primary N) is 1. The smallest absolute Gasteiger partial charge is 0.230 e. The van der Waals surface area contributed by atoms with E-state index in [1.807, 2.05) is 16.7 Å². The molecule has 2 aromatic rings. The van der Waals surface area contributed by atoms with Gasteiger partial charge in [-0.3, -0.25) is 4.79 Å². The fraction of sp³-hybridized carbons (Fsp3) is 0.579. The molecule has 0 saturated heterocycles. The fourth-order valence-corrected chi connectivity index (χ4v) is 4.35. The van der Waals surface area contributed by atoms with Crippen LogP contribution in [0.1, 0.15) is 43.4 Å². The van der Waals surface area contributed by atoms with E-state index in [0.29, 0.717) is 18.2 Å². The third kappa shape index (κ3) is 6.86. The van der Waals surface area contributed by atoms with Crippen LogP contribution in [0.25, 0.3) is 5.65 Å². The highest BCUT2D eigenvalue weighted by molar-refractivity contribution is 7.99. The van der Waals surface area contributed by atoms with Crippen LogP contribution in [-0.4, -0.2) is 33.6 Å². The van der Waals surface area contributed by atoms with Gasteiger partial charge in [0.1, 0.15) is 5.65 Å². The molecule has 3 rings (SSSR count). The Hall–Kier alpha value is -0.950. The number of rotatable bonds is 7. The minimum Gasteiger partial charge on any atom is -0.351 e. The molecule has 27 heavy (non-hydrogen) atoms. The first-order valence-corrected chi connectivity index (χ1v) is 10.3. The van der Waals surface area contributed by atoms with Crippen molar-refractivity contribution in [1.29, 1.82) is 0 Å². The Morgan fingerprint density at radius 3 is 2.74 bits per heavy atom. The predicted octanol–water partition coefficient (Wildman–Crippen LogP) is 3.74. The summed E-state index contributed by atoms with van der Waals surface area (Å²) < 4.78 is 2.04. The second kappa shape index (κ2) is 11.8.